The number of phenolic OH excluding ortho intramolecular Hbond substituents is 1. The van der Waals surface area contributed by atoms with E-state index in [1.165, 1.54) is 11.1 Å². The molecule has 0 spiro atoms. The predicted octanol–water partition coefficient (Wildman–Crippen LogP) is 3.01. The zero-order chi connectivity index (χ0) is 18.1. The number of methoxy groups -OCH3 is 1. The molecule has 0 fully saturated rings. The summed E-state index contributed by atoms with van der Waals surface area (Å²) in [5.41, 5.74) is 3.30. The summed E-state index contributed by atoms with van der Waals surface area (Å²) in [6, 6.07) is 13.8. The highest BCUT2D eigenvalue weighted by Crippen LogP contribution is 2.29. The Morgan fingerprint density at radius 2 is 1.84 bits per heavy atom. The Hall–Kier alpha value is -2.69. The third kappa shape index (κ3) is 5.41. The fourth-order valence-corrected chi connectivity index (χ4v) is 2.54. The lowest BCUT2D eigenvalue weighted by Gasteiger charge is -2.13. The Labute approximate surface area is 149 Å². The summed E-state index contributed by atoms with van der Waals surface area (Å²) in [5, 5.41) is 16.7. The number of nitrogens with one attached hydrogen (secondary N) is 2. The number of rotatable bonds is 7. The third-order valence-electron chi connectivity index (χ3n) is 4.00. The van der Waals surface area contributed by atoms with Crippen molar-refractivity contribution in [2.45, 2.75) is 26.8 Å². The number of aliphatic imine (C=N–C) groups is 1. The van der Waals surface area contributed by atoms with E-state index in [4.69, 9.17) is 4.74 Å². The normalized spacial score (nSPS) is 11.2. The van der Waals surface area contributed by atoms with Crippen LogP contribution in [0.15, 0.2) is 47.5 Å². The molecule has 5 heteroatoms. The number of hydrogen-bond acceptors (Lipinski definition) is 3. The number of phenols is 1. The molecule has 0 saturated carbocycles. The summed E-state index contributed by atoms with van der Waals surface area (Å²) in [6.07, 6.45) is 0.678. The fourth-order valence-electron chi connectivity index (χ4n) is 2.54. The summed E-state index contributed by atoms with van der Waals surface area (Å²) in [4.78, 5) is 4.64. The lowest BCUT2D eigenvalue weighted by Crippen LogP contribution is -2.38. The number of hydrogen-bond donors (Lipinski definition) is 3. The largest absolute Gasteiger partial charge is 0.504 e. The van der Waals surface area contributed by atoms with Crippen LogP contribution in [-0.2, 0) is 13.0 Å². The van der Waals surface area contributed by atoms with Gasteiger partial charge in [0.1, 0.15) is 0 Å². The average Bonchev–Trinajstić information content (AvgIpc) is 2.62. The van der Waals surface area contributed by atoms with Crippen molar-refractivity contribution < 1.29 is 9.84 Å². The van der Waals surface area contributed by atoms with Gasteiger partial charge in [0.2, 0.25) is 0 Å². The lowest BCUT2D eigenvalue weighted by molar-refractivity contribution is 0.370. The van der Waals surface area contributed by atoms with Crippen LogP contribution in [-0.4, -0.2) is 31.3 Å². The van der Waals surface area contributed by atoms with E-state index in [2.05, 4.69) is 34.7 Å². The summed E-state index contributed by atoms with van der Waals surface area (Å²) in [5.74, 6) is 1.47. The first kappa shape index (κ1) is 18.6. The number of aromatic hydroxyl groups is 1. The summed E-state index contributed by atoms with van der Waals surface area (Å²) in [6.45, 7) is 6.23. The van der Waals surface area contributed by atoms with Gasteiger partial charge in [-0.05, 0) is 43.0 Å². The van der Waals surface area contributed by atoms with E-state index in [1.807, 2.05) is 31.2 Å². The van der Waals surface area contributed by atoms with E-state index < -0.39 is 0 Å². The highest BCUT2D eigenvalue weighted by molar-refractivity contribution is 5.79. The topological polar surface area (TPSA) is 65.9 Å². The first-order valence-corrected chi connectivity index (χ1v) is 8.57. The van der Waals surface area contributed by atoms with Crippen LogP contribution >= 0.6 is 0 Å². The van der Waals surface area contributed by atoms with Crippen LogP contribution in [0.5, 0.6) is 11.5 Å². The van der Waals surface area contributed by atoms with Crippen molar-refractivity contribution in [1.82, 2.24) is 10.6 Å². The van der Waals surface area contributed by atoms with Crippen molar-refractivity contribution in [2.75, 3.05) is 20.2 Å². The average molecular weight is 341 g/mol. The van der Waals surface area contributed by atoms with Crippen molar-refractivity contribution in [3.05, 3.63) is 59.2 Å². The minimum Gasteiger partial charge on any atom is -0.504 e. The molecular formula is C20H27N3O2. The minimum atomic E-state index is 0.202. The van der Waals surface area contributed by atoms with Crippen molar-refractivity contribution in [3.8, 4) is 11.5 Å². The molecule has 0 atom stereocenters. The molecule has 2 aromatic rings. The van der Waals surface area contributed by atoms with Gasteiger partial charge < -0.3 is 20.5 Å². The van der Waals surface area contributed by atoms with E-state index >= 15 is 0 Å². The van der Waals surface area contributed by atoms with Gasteiger partial charge in [-0.3, -0.25) is 0 Å². The highest BCUT2D eigenvalue weighted by Gasteiger charge is 2.07. The standard InChI is InChI=1S/C20H27N3O2/c1-4-21-20(23-14-17-9-6-5-8-15(17)2)22-13-12-16-10-7-11-18(25-3)19(16)24/h5-11,24H,4,12-14H2,1-3H3,(H2,21,22,23). The van der Waals surface area contributed by atoms with Gasteiger partial charge in [0.15, 0.2) is 17.5 Å². The van der Waals surface area contributed by atoms with E-state index in [1.54, 1.807) is 13.2 Å². The Bertz CT molecular complexity index is 714. The number of benzene rings is 2. The van der Waals surface area contributed by atoms with Crippen LogP contribution in [0.4, 0.5) is 0 Å². The summed E-state index contributed by atoms with van der Waals surface area (Å²) < 4.78 is 5.14. The molecule has 0 bridgehead atoms. The molecule has 2 rings (SSSR count). The third-order valence-corrected chi connectivity index (χ3v) is 4.00. The van der Waals surface area contributed by atoms with Crippen LogP contribution in [0.3, 0.4) is 0 Å². The maximum atomic E-state index is 10.1. The summed E-state index contributed by atoms with van der Waals surface area (Å²) in [7, 11) is 1.55. The molecule has 0 heterocycles. The highest BCUT2D eigenvalue weighted by atomic mass is 16.5. The predicted molar refractivity (Wildman–Crippen MR) is 102 cm³/mol. The molecule has 3 N–H and O–H groups in total. The molecule has 0 unspecified atom stereocenters. The molecule has 0 aliphatic rings. The van der Waals surface area contributed by atoms with Crippen LogP contribution in [0.1, 0.15) is 23.6 Å². The number of ether oxygens (including phenoxy) is 1. The molecule has 0 aliphatic carbocycles. The van der Waals surface area contributed by atoms with Crippen molar-refractivity contribution in [2.24, 2.45) is 4.99 Å². The van der Waals surface area contributed by atoms with Crippen LogP contribution < -0.4 is 15.4 Å². The Morgan fingerprint density at radius 1 is 1.08 bits per heavy atom. The number of para-hydroxylation sites is 1. The smallest absolute Gasteiger partial charge is 0.191 e. The van der Waals surface area contributed by atoms with Crippen molar-refractivity contribution in [1.29, 1.82) is 0 Å². The maximum absolute atomic E-state index is 10.1. The second-order valence-electron chi connectivity index (χ2n) is 5.77. The monoisotopic (exact) mass is 341 g/mol. The molecule has 0 aliphatic heterocycles. The lowest BCUT2D eigenvalue weighted by atomic mass is 10.1. The van der Waals surface area contributed by atoms with Gasteiger partial charge in [0.25, 0.3) is 0 Å². The quantitative estimate of drug-likeness (QED) is 0.535. The van der Waals surface area contributed by atoms with Crippen LogP contribution in [0.25, 0.3) is 0 Å². The molecule has 0 aromatic heterocycles. The first-order chi connectivity index (χ1) is 12.2. The SMILES string of the molecule is CCNC(=NCc1ccccc1C)NCCc1cccc(OC)c1O. The van der Waals surface area contributed by atoms with Crippen molar-refractivity contribution >= 4 is 5.96 Å². The zero-order valence-electron chi connectivity index (χ0n) is 15.2. The molecule has 2 aromatic carbocycles. The number of guanidine groups is 1. The van der Waals surface area contributed by atoms with Gasteiger partial charge in [0.05, 0.1) is 13.7 Å². The fraction of sp³-hybridized carbons (Fsp3) is 0.350. The Balaban J connectivity index is 1.95. The molecular weight excluding hydrogens is 314 g/mol. The minimum absolute atomic E-state index is 0.202. The number of nitrogens with zero attached hydrogens (tertiary/aromatic N) is 1. The molecule has 0 amide bonds. The second kappa shape index (κ2) is 9.57. The van der Waals surface area contributed by atoms with Gasteiger partial charge in [-0.15, -0.1) is 0 Å². The Kier molecular flexibility index (Phi) is 7.14. The number of aryl methyl sites for hydroxylation is 1. The van der Waals surface area contributed by atoms with E-state index in [9.17, 15) is 5.11 Å². The van der Waals surface area contributed by atoms with Gasteiger partial charge >= 0.3 is 0 Å². The molecule has 0 saturated heterocycles. The van der Waals surface area contributed by atoms with Crippen LogP contribution in [0, 0.1) is 6.92 Å². The van der Waals surface area contributed by atoms with Crippen molar-refractivity contribution in [3.63, 3.8) is 0 Å². The van der Waals surface area contributed by atoms with E-state index in [0.717, 1.165) is 18.1 Å². The van der Waals surface area contributed by atoms with E-state index in [-0.39, 0.29) is 5.75 Å². The molecule has 5 nitrogen and oxygen atoms in total. The van der Waals surface area contributed by atoms with E-state index in [0.29, 0.717) is 25.3 Å². The van der Waals surface area contributed by atoms with Gasteiger partial charge in [-0.2, -0.15) is 0 Å². The van der Waals surface area contributed by atoms with Gasteiger partial charge in [-0.1, -0.05) is 36.4 Å². The molecule has 25 heavy (non-hydrogen) atoms. The Morgan fingerprint density at radius 3 is 2.56 bits per heavy atom. The summed E-state index contributed by atoms with van der Waals surface area (Å²) >= 11 is 0. The van der Waals surface area contributed by atoms with Gasteiger partial charge in [-0.25, -0.2) is 4.99 Å². The first-order valence-electron chi connectivity index (χ1n) is 8.57. The van der Waals surface area contributed by atoms with Gasteiger partial charge in [0, 0.05) is 13.1 Å². The second-order valence-corrected chi connectivity index (χ2v) is 5.77. The van der Waals surface area contributed by atoms with Crippen LogP contribution in [0.2, 0.25) is 0 Å². The zero-order valence-corrected chi connectivity index (χ0v) is 15.2. The maximum Gasteiger partial charge on any atom is 0.191 e. The molecule has 134 valence electrons. The molecule has 0 radical (unpaired) electrons.